The third-order valence-corrected chi connectivity index (χ3v) is 5.84. The number of benzene rings is 3. The van der Waals surface area contributed by atoms with Crippen molar-refractivity contribution in [3.05, 3.63) is 93.3 Å². The van der Waals surface area contributed by atoms with Crippen molar-refractivity contribution in [2.45, 2.75) is 6.92 Å². The fraction of sp³-hybridized carbons (Fsp3) is 0.0769. The summed E-state index contributed by atoms with van der Waals surface area (Å²) in [6, 6.07) is 17.6. The quantitative estimate of drug-likeness (QED) is 0.183. The number of carbonyl (C=O) groups excluding carboxylic acids is 2. The molecule has 5 rings (SSSR count). The second-order valence-electron chi connectivity index (χ2n) is 7.43. The van der Waals surface area contributed by atoms with Crippen LogP contribution in [0.5, 0.6) is 17.2 Å². The van der Waals surface area contributed by atoms with Gasteiger partial charge in [0.05, 0.1) is 12.7 Å². The largest absolute Gasteiger partial charge is 0.496 e. The minimum Gasteiger partial charge on any atom is -0.496 e. The summed E-state index contributed by atoms with van der Waals surface area (Å²) in [5, 5.41) is 0.807. The molecule has 3 aromatic carbocycles. The summed E-state index contributed by atoms with van der Waals surface area (Å²) in [5.74, 6) is 0.609. The molecule has 0 aliphatic carbocycles. The highest BCUT2D eigenvalue weighted by Gasteiger charge is 2.31. The maximum Gasteiger partial charge on any atom is 0.379 e. The van der Waals surface area contributed by atoms with Crippen molar-refractivity contribution in [3.8, 4) is 17.2 Å². The Morgan fingerprint density at radius 1 is 1.03 bits per heavy atom. The molecule has 0 amide bonds. The molecule has 0 radical (unpaired) electrons. The zero-order valence-electron chi connectivity index (χ0n) is 17.7. The number of allylic oxidation sites excluding steroid dienone is 1. The molecule has 0 bridgehead atoms. The summed E-state index contributed by atoms with van der Waals surface area (Å²) in [4.78, 5) is 25.6. The van der Waals surface area contributed by atoms with Gasteiger partial charge in [0.15, 0.2) is 5.76 Å². The van der Waals surface area contributed by atoms with E-state index in [0.717, 1.165) is 9.86 Å². The molecule has 164 valence electrons. The van der Waals surface area contributed by atoms with E-state index in [-0.39, 0.29) is 23.1 Å². The Hall–Kier alpha value is -3.84. The summed E-state index contributed by atoms with van der Waals surface area (Å²) in [6.45, 7) is 1.73. The molecule has 1 aromatic heterocycles. The molecule has 33 heavy (non-hydrogen) atoms. The molecule has 0 N–H and O–H groups in total. The van der Waals surface area contributed by atoms with E-state index in [2.05, 4.69) is 15.9 Å². The normalized spacial score (nSPS) is 13.8. The molecule has 6 nitrogen and oxygen atoms in total. The van der Waals surface area contributed by atoms with Crippen molar-refractivity contribution in [1.82, 2.24) is 0 Å². The number of ketones is 1. The van der Waals surface area contributed by atoms with E-state index in [1.807, 2.05) is 30.3 Å². The molecule has 7 heteroatoms. The molecule has 0 saturated heterocycles. The number of para-hydroxylation sites is 1. The van der Waals surface area contributed by atoms with Crippen LogP contribution in [0.2, 0.25) is 0 Å². The van der Waals surface area contributed by atoms with Crippen LogP contribution in [0.3, 0.4) is 0 Å². The minimum atomic E-state index is -0.631. The Bertz CT molecular complexity index is 1430. The maximum atomic E-state index is 12.9. The highest BCUT2D eigenvalue weighted by molar-refractivity contribution is 9.10. The molecular formula is C26H17BrO6. The van der Waals surface area contributed by atoms with Gasteiger partial charge in [-0.15, -0.1) is 0 Å². The highest BCUT2D eigenvalue weighted by atomic mass is 79.9. The second kappa shape index (κ2) is 8.26. The van der Waals surface area contributed by atoms with E-state index >= 15 is 0 Å². The van der Waals surface area contributed by atoms with Gasteiger partial charge < -0.3 is 18.6 Å². The van der Waals surface area contributed by atoms with Crippen molar-refractivity contribution in [3.63, 3.8) is 0 Å². The number of fused-ring (bicyclic) bond motifs is 2. The Labute approximate surface area is 197 Å². The number of ether oxygens (including phenoxy) is 3. The third-order valence-electron chi connectivity index (χ3n) is 5.34. The Morgan fingerprint density at radius 3 is 2.61 bits per heavy atom. The van der Waals surface area contributed by atoms with Gasteiger partial charge in [-0.05, 0) is 55.5 Å². The number of hydrogen-bond donors (Lipinski definition) is 0. The van der Waals surface area contributed by atoms with Gasteiger partial charge in [0.1, 0.15) is 22.8 Å². The van der Waals surface area contributed by atoms with Crippen molar-refractivity contribution in [2.24, 2.45) is 0 Å². The van der Waals surface area contributed by atoms with Gasteiger partial charge in [-0.2, -0.15) is 0 Å². The lowest BCUT2D eigenvalue weighted by atomic mass is 10.1. The first kappa shape index (κ1) is 21.0. The van der Waals surface area contributed by atoms with Gasteiger partial charge in [0.2, 0.25) is 11.5 Å². The van der Waals surface area contributed by atoms with E-state index in [0.29, 0.717) is 33.8 Å². The van der Waals surface area contributed by atoms with Crippen LogP contribution >= 0.6 is 15.9 Å². The zero-order valence-corrected chi connectivity index (χ0v) is 19.3. The average Bonchev–Trinajstić information content (AvgIpc) is 3.38. The minimum absolute atomic E-state index is 0.0930. The van der Waals surface area contributed by atoms with E-state index in [1.165, 1.54) is 0 Å². The van der Waals surface area contributed by atoms with Crippen molar-refractivity contribution in [1.29, 1.82) is 0 Å². The number of hydrogen-bond acceptors (Lipinski definition) is 6. The van der Waals surface area contributed by atoms with Crippen LogP contribution in [-0.2, 0) is 0 Å². The Morgan fingerprint density at radius 2 is 1.82 bits per heavy atom. The van der Waals surface area contributed by atoms with Crippen molar-refractivity contribution < 1.29 is 28.2 Å². The first-order valence-corrected chi connectivity index (χ1v) is 10.9. The highest BCUT2D eigenvalue weighted by Crippen LogP contribution is 2.40. The summed E-state index contributed by atoms with van der Waals surface area (Å²) >= 11 is 3.43. The maximum absolute atomic E-state index is 12.9. The molecule has 0 unspecified atom stereocenters. The molecule has 0 fully saturated rings. The van der Waals surface area contributed by atoms with Gasteiger partial charge in [-0.1, -0.05) is 34.1 Å². The molecule has 0 spiro atoms. The van der Waals surface area contributed by atoms with E-state index in [4.69, 9.17) is 18.6 Å². The van der Waals surface area contributed by atoms with Crippen LogP contribution in [0.15, 0.2) is 75.3 Å². The van der Waals surface area contributed by atoms with Gasteiger partial charge >= 0.3 is 5.97 Å². The van der Waals surface area contributed by atoms with E-state index in [9.17, 15) is 9.59 Å². The molecule has 0 saturated carbocycles. The monoisotopic (exact) mass is 504 g/mol. The number of methoxy groups -OCH3 is 1. The molecule has 0 atom stereocenters. The van der Waals surface area contributed by atoms with Gasteiger partial charge in [0, 0.05) is 21.0 Å². The van der Waals surface area contributed by atoms with Crippen LogP contribution in [0.1, 0.15) is 32.0 Å². The average molecular weight is 505 g/mol. The fourth-order valence-electron chi connectivity index (χ4n) is 3.67. The lowest BCUT2D eigenvalue weighted by Gasteiger charge is -2.09. The number of Topliss-reactive ketones (excluding diaryl/α,β-unsaturated/α-hetero) is 1. The van der Waals surface area contributed by atoms with Gasteiger partial charge in [-0.3, -0.25) is 4.79 Å². The van der Waals surface area contributed by atoms with E-state index < -0.39 is 5.97 Å². The Kier molecular flexibility index (Phi) is 5.26. The number of esters is 1. The lowest BCUT2D eigenvalue weighted by Crippen LogP contribution is -2.08. The van der Waals surface area contributed by atoms with Crippen LogP contribution in [0.25, 0.3) is 17.0 Å². The molecule has 2 heterocycles. The summed E-state index contributed by atoms with van der Waals surface area (Å²) in [6.07, 6.45) is 1.63. The van der Waals surface area contributed by atoms with Crippen LogP contribution in [0.4, 0.5) is 0 Å². The SMILES string of the molecule is COc1ccc(Br)cc1/C=C1\Oc2c(ccc(OC(=O)c3cc4ccccc4o3)c2C)C1=O. The standard InChI is InChI=1S/C26H17BrO6/c1-14-19(33-26(29)23-12-15-5-3-4-6-21(15)31-23)10-8-18-24(28)22(32-25(14)18)13-16-11-17(27)7-9-20(16)30-2/h3-13H,1-2H3/b22-13-. The van der Waals surface area contributed by atoms with Crippen molar-refractivity contribution in [2.75, 3.05) is 7.11 Å². The van der Waals surface area contributed by atoms with Gasteiger partial charge in [-0.25, -0.2) is 4.79 Å². The lowest BCUT2D eigenvalue weighted by molar-refractivity contribution is 0.0702. The summed E-state index contributed by atoms with van der Waals surface area (Å²) in [5.41, 5.74) is 2.23. The predicted octanol–water partition coefficient (Wildman–Crippen LogP) is 6.35. The number of furan rings is 1. The van der Waals surface area contributed by atoms with Crippen LogP contribution in [-0.4, -0.2) is 18.9 Å². The number of rotatable bonds is 4. The molecular weight excluding hydrogens is 488 g/mol. The van der Waals surface area contributed by atoms with E-state index in [1.54, 1.807) is 50.4 Å². The van der Waals surface area contributed by atoms with Gasteiger partial charge in [0.25, 0.3) is 0 Å². The smallest absolute Gasteiger partial charge is 0.379 e. The number of carbonyl (C=O) groups is 2. The zero-order chi connectivity index (χ0) is 23.1. The summed E-state index contributed by atoms with van der Waals surface area (Å²) in [7, 11) is 1.56. The van der Waals surface area contributed by atoms with Crippen LogP contribution in [0, 0.1) is 6.92 Å². The number of halogens is 1. The van der Waals surface area contributed by atoms with Crippen LogP contribution < -0.4 is 14.2 Å². The Balaban J connectivity index is 1.44. The first-order valence-electron chi connectivity index (χ1n) is 10.1. The molecule has 1 aliphatic rings. The molecule has 4 aromatic rings. The van der Waals surface area contributed by atoms with Crippen molar-refractivity contribution >= 4 is 44.7 Å². The predicted molar refractivity (Wildman–Crippen MR) is 126 cm³/mol. The first-order chi connectivity index (χ1) is 15.9. The summed E-state index contributed by atoms with van der Waals surface area (Å²) < 4.78 is 23.3. The second-order valence-corrected chi connectivity index (χ2v) is 8.35. The third kappa shape index (κ3) is 3.81. The molecule has 1 aliphatic heterocycles. The fourth-order valence-corrected chi connectivity index (χ4v) is 4.05. The topological polar surface area (TPSA) is 75.0 Å².